The second-order valence-corrected chi connectivity index (χ2v) is 2.19. The largest absolute Gasteiger partial charge is 0 e. The van der Waals surface area contributed by atoms with E-state index in [0.717, 1.165) is 7.15 Å². The molecule has 0 aliphatic carbocycles. The van der Waals surface area contributed by atoms with Crippen molar-refractivity contribution in [3.8, 4) is 0 Å². The van der Waals surface area contributed by atoms with Gasteiger partial charge >= 0.3 is 68.0 Å². The van der Waals surface area contributed by atoms with Crippen LogP contribution in [0.2, 0.25) is 0 Å². The van der Waals surface area contributed by atoms with E-state index in [-0.39, 0.29) is 91.4 Å². The molecule has 0 rings (SSSR count). The van der Waals surface area contributed by atoms with Crippen LogP contribution in [-0.4, -0.2) is 45.3 Å². The molecule has 0 N–H and O–H groups in total. The molecule has 0 saturated heterocycles. The van der Waals surface area contributed by atoms with Crippen molar-refractivity contribution in [3.63, 3.8) is 0 Å². The molecule has 0 heterocycles. The molecule has 7 heteroatoms. The van der Waals surface area contributed by atoms with Crippen molar-refractivity contribution in [1.82, 2.24) is 0 Å². The molecule has 0 nitrogen and oxygen atoms in total. The summed E-state index contributed by atoms with van der Waals surface area (Å²) in [4.78, 5) is 0. The van der Waals surface area contributed by atoms with Gasteiger partial charge in [0.2, 0.25) is 0 Å². The Morgan fingerprint density at radius 1 is 1.43 bits per heavy atom. The summed E-state index contributed by atoms with van der Waals surface area (Å²) in [6, 6.07) is 0. The van der Waals surface area contributed by atoms with Gasteiger partial charge in [0, 0.05) is 53.6 Å². The third-order valence-electron chi connectivity index (χ3n) is 0. The Morgan fingerprint density at radius 2 is 1.43 bits per heavy atom. The van der Waals surface area contributed by atoms with Crippen molar-refractivity contribution in [3.05, 3.63) is 0 Å². The van der Waals surface area contributed by atoms with E-state index in [4.69, 9.17) is 0 Å². The standard InChI is InChI=1S/BH3P.Ca.Cu.Fe.Mn.Zn.2H/c1-2;;;;;;;/h2H,1H2;;;;;;;/q-1;;;+1;;;;. The first-order valence-electron chi connectivity index (χ1n) is 0.677. The molecule has 1 atom stereocenters. The first-order chi connectivity index (χ1) is 1.41. The number of hydrogen-bond donors (Lipinski definition) is 0. The Labute approximate surface area is 119 Å². The first-order valence-corrected chi connectivity index (χ1v) is 3.69. The molecule has 2 radical (unpaired) electrons. The summed E-state index contributed by atoms with van der Waals surface area (Å²) in [5.41, 5.74) is 0. The van der Waals surface area contributed by atoms with Crippen LogP contribution in [0.1, 0.15) is 0 Å². The fourth-order valence-corrected chi connectivity index (χ4v) is 0. The van der Waals surface area contributed by atoms with E-state index >= 15 is 0 Å². The topological polar surface area (TPSA) is 0 Å². The zero-order valence-corrected chi connectivity index (χ0v) is 10.4. The van der Waals surface area contributed by atoms with Crippen molar-refractivity contribution in [2.75, 3.05) is 0 Å². The van der Waals surface area contributed by atoms with E-state index < -0.39 is 0 Å². The molecule has 0 saturated carbocycles. The van der Waals surface area contributed by atoms with Crippen LogP contribution >= 0.6 is 7.15 Å². The molecule has 0 bridgehead atoms. The molecule has 43 valence electrons. The molecule has 0 aliphatic heterocycles. The van der Waals surface area contributed by atoms with Gasteiger partial charge in [0.25, 0.3) is 0 Å². The van der Waals surface area contributed by atoms with Gasteiger partial charge in [0.15, 0.2) is 0 Å². The fraction of sp³-hybridized carbons (Fsp3) is 0. The second kappa shape index (κ2) is 32.6. The molecule has 0 spiro atoms. The first kappa shape index (κ1) is 30.6. The average molecular weight is 327 g/mol. The van der Waals surface area contributed by atoms with Crippen molar-refractivity contribution in [2.45, 2.75) is 0 Å². The summed E-state index contributed by atoms with van der Waals surface area (Å²) in [6.07, 6.45) is 0. The predicted octanol–water partition coefficient (Wildman–Crippen LogP) is -1.25. The third kappa shape index (κ3) is 40.4. The Balaban J connectivity index is -0.00000000333. The van der Waals surface area contributed by atoms with Crippen LogP contribution in [0.15, 0.2) is 0 Å². The maximum absolute atomic E-state index is 3.51. The minimum Gasteiger partial charge on any atom is 0 e. The van der Waals surface area contributed by atoms with Crippen molar-refractivity contribution in [1.29, 1.82) is 0 Å². The molecule has 0 aliphatic rings. The smallest absolute Gasteiger partial charge is 0 e. The Hall–Kier alpha value is 3.94. The molecular weight excluding hydrogens is 322 g/mol. The maximum atomic E-state index is 3.51. The minimum atomic E-state index is 0. The van der Waals surface area contributed by atoms with Gasteiger partial charge in [-0.1, -0.05) is 0 Å². The minimum absolute atomic E-state index is 0. The van der Waals surface area contributed by atoms with Crippen LogP contribution in [0.4, 0.5) is 0 Å². The van der Waals surface area contributed by atoms with Gasteiger partial charge in [-0.25, -0.2) is 0 Å². The van der Waals surface area contributed by atoms with Crippen molar-refractivity contribution in [2.24, 2.45) is 0 Å². The van der Waals surface area contributed by atoms with E-state index in [9.17, 15) is 0 Å². The van der Waals surface area contributed by atoms with Gasteiger partial charge in [-0.3, -0.25) is 0 Å². The van der Waals surface area contributed by atoms with E-state index in [1.807, 2.05) is 7.57 Å². The molecule has 0 amide bonds. The Morgan fingerprint density at radius 3 is 1.43 bits per heavy atom. The quantitative estimate of drug-likeness (QED) is 0.386. The third-order valence-corrected chi connectivity index (χ3v) is 0. The summed E-state index contributed by atoms with van der Waals surface area (Å²) in [5, 5.41) is 0. The van der Waals surface area contributed by atoms with Crippen molar-refractivity contribution < 1.29 is 69.2 Å². The van der Waals surface area contributed by atoms with E-state index in [1.54, 1.807) is 0 Å². The predicted molar refractivity (Wildman–Crippen MR) is 25.4 cm³/mol. The maximum Gasteiger partial charge on any atom is 0 e. The zero-order valence-electron chi connectivity index (χ0n) is 3.24. The van der Waals surface area contributed by atoms with Crippen LogP contribution < -0.4 is 0 Å². The van der Waals surface area contributed by atoms with Crippen molar-refractivity contribution >= 4 is 52.5 Å². The summed E-state index contributed by atoms with van der Waals surface area (Å²) in [5.74, 6) is 0. The van der Waals surface area contributed by atoms with Gasteiger partial charge in [0.1, 0.15) is 0 Å². The van der Waals surface area contributed by atoms with Crippen LogP contribution in [0.5, 0.6) is 0 Å². The SMILES string of the molecule is B[PH][Fe].[CaH2].[Cu].[Mn].[Zn]. The van der Waals surface area contributed by atoms with Crippen LogP contribution in [0, 0.1) is 0 Å². The van der Waals surface area contributed by atoms with Gasteiger partial charge in [-0.2, -0.15) is 0 Å². The van der Waals surface area contributed by atoms with Gasteiger partial charge < -0.3 is 0 Å². The van der Waals surface area contributed by atoms with E-state index in [2.05, 4.69) is 15.6 Å². The number of rotatable bonds is 0. The molecule has 1 unspecified atom stereocenters. The summed E-state index contributed by atoms with van der Waals surface area (Å²) in [6.45, 7) is 0. The van der Waals surface area contributed by atoms with E-state index in [0.29, 0.717) is 0 Å². The fourth-order valence-electron chi connectivity index (χ4n) is 0. The Kier molecular flexibility index (Phi) is 143. The van der Waals surface area contributed by atoms with Crippen LogP contribution in [0.3, 0.4) is 0 Å². The molecule has 0 aromatic carbocycles. The van der Waals surface area contributed by atoms with Gasteiger partial charge in [-0.05, 0) is 0 Å². The zero-order chi connectivity index (χ0) is 2.71. The van der Waals surface area contributed by atoms with Crippen LogP contribution in [0.25, 0.3) is 0 Å². The molecule has 7 heavy (non-hydrogen) atoms. The molecule has 0 aromatic heterocycles. The Bertz CT molecular complexity index is 19.7. The average Bonchev–Trinajstić information content (AvgIpc) is 0.918. The van der Waals surface area contributed by atoms with E-state index in [1.165, 1.54) is 0 Å². The monoisotopic (exact) mass is 325 g/mol. The molecular formula is H5BCaCuFeMnPZn. The van der Waals surface area contributed by atoms with Crippen LogP contribution in [-0.2, 0) is 69.2 Å². The normalized spacial score (nSPS) is 4.14. The molecule has 0 aromatic rings. The summed E-state index contributed by atoms with van der Waals surface area (Å²) >= 11 is 3.51. The van der Waals surface area contributed by atoms with Gasteiger partial charge in [0.05, 0.1) is 0 Å². The van der Waals surface area contributed by atoms with Gasteiger partial charge in [-0.15, -0.1) is 0 Å². The summed E-state index contributed by atoms with van der Waals surface area (Å²) < 4.78 is 0. The summed E-state index contributed by atoms with van der Waals surface area (Å²) in [7, 11) is 2.88. The number of hydrogen-bond acceptors (Lipinski definition) is 0. The second-order valence-electron chi connectivity index (χ2n) is 0.177. The molecule has 0 fully saturated rings.